The van der Waals surface area contributed by atoms with Crippen LogP contribution in [0.5, 0.6) is 0 Å². The summed E-state index contributed by atoms with van der Waals surface area (Å²) in [5, 5.41) is 22.7. The molecule has 2 atom stereocenters. The van der Waals surface area contributed by atoms with Crippen molar-refractivity contribution in [2.75, 3.05) is 31.1 Å². The van der Waals surface area contributed by atoms with E-state index in [9.17, 15) is 10.1 Å². The maximum atomic E-state index is 10.7. The molecule has 0 spiro atoms. The Labute approximate surface area is 133 Å². The van der Waals surface area contributed by atoms with Crippen LogP contribution in [-0.4, -0.2) is 41.3 Å². The SMILES string of the molecule is O=[N+]([O-])c1ccc(-c2ccc(N3CC4CNCC4C3)nn2)cc1. The molecule has 2 saturated heterocycles. The minimum absolute atomic E-state index is 0.0792. The Morgan fingerprint density at radius 3 is 2.30 bits per heavy atom. The van der Waals surface area contributed by atoms with Crippen molar-refractivity contribution < 1.29 is 4.92 Å². The van der Waals surface area contributed by atoms with Crippen molar-refractivity contribution in [1.29, 1.82) is 0 Å². The summed E-state index contributed by atoms with van der Waals surface area (Å²) >= 11 is 0. The molecule has 0 amide bonds. The first kappa shape index (κ1) is 14.1. The van der Waals surface area contributed by atoms with Gasteiger partial charge in [0.1, 0.15) is 0 Å². The van der Waals surface area contributed by atoms with Crippen molar-refractivity contribution in [2.24, 2.45) is 11.8 Å². The minimum atomic E-state index is -0.405. The van der Waals surface area contributed by atoms with Gasteiger partial charge in [-0.3, -0.25) is 10.1 Å². The number of nitrogens with zero attached hydrogens (tertiary/aromatic N) is 4. The van der Waals surface area contributed by atoms with Gasteiger partial charge in [0.25, 0.3) is 5.69 Å². The second-order valence-electron chi connectivity index (χ2n) is 6.16. The zero-order valence-electron chi connectivity index (χ0n) is 12.6. The van der Waals surface area contributed by atoms with Crippen molar-refractivity contribution in [1.82, 2.24) is 15.5 Å². The van der Waals surface area contributed by atoms with E-state index in [-0.39, 0.29) is 5.69 Å². The van der Waals surface area contributed by atoms with Gasteiger partial charge < -0.3 is 10.2 Å². The molecule has 1 aromatic heterocycles. The third-order valence-electron chi connectivity index (χ3n) is 4.74. The molecule has 0 aliphatic carbocycles. The number of benzene rings is 1. The Kier molecular flexibility index (Phi) is 3.42. The lowest BCUT2D eigenvalue weighted by Crippen LogP contribution is -2.26. The van der Waals surface area contributed by atoms with Crippen molar-refractivity contribution in [3.8, 4) is 11.3 Å². The number of hydrogen-bond acceptors (Lipinski definition) is 6. The van der Waals surface area contributed by atoms with Gasteiger partial charge >= 0.3 is 0 Å². The van der Waals surface area contributed by atoms with Crippen molar-refractivity contribution >= 4 is 11.5 Å². The molecule has 2 fully saturated rings. The predicted molar refractivity (Wildman–Crippen MR) is 86.2 cm³/mol. The van der Waals surface area contributed by atoms with Gasteiger partial charge in [-0.25, -0.2) is 0 Å². The van der Waals surface area contributed by atoms with E-state index in [0.29, 0.717) is 11.8 Å². The highest BCUT2D eigenvalue weighted by Gasteiger charge is 2.36. The van der Waals surface area contributed by atoms with Crippen molar-refractivity contribution in [2.45, 2.75) is 0 Å². The van der Waals surface area contributed by atoms with E-state index in [1.807, 2.05) is 12.1 Å². The van der Waals surface area contributed by atoms with E-state index in [1.165, 1.54) is 12.1 Å². The lowest BCUT2D eigenvalue weighted by Gasteiger charge is -2.17. The summed E-state index contributed by atoms with van der Waals surface area (Å²) < 4.78 is 0. The predicted octanol–water partition coefficient (Wildman–Crippen LogP) is 1.71. The van der Waals surface area contributed by atoms with Crippen LogP contribution in [0.4, 0.5) is 11.5 Å². The molecule has 7 heteroatoms. The molecule has 7 nitrogen and oxygen atoms in total. The van der Waals surface area contributed by atoms with Crippen LogP contribution in [0.1, 0.15) is 0 Å². The first-order valence-electron chi connectivity index (χ1n) is 7.75. The van der Waals surface area contributed by atoms with Crippen LogP contribution in [0.3, 0.4) is 0 Å². The molecule has 4 rings (SSSR count). The molecule has 3 heterocycles. The fourth-order valence-electron chi connectivity index (χ4n) is 3.44. The average Bonchev–Trinajstić information content (AvgIpc) is 3.17. The van der Waals surface area contributed by atoms with Gasteiger partial charge in [-0.2, -0.15) is 0 Å². The highest BCUT2D eigenvalue weighted by Crippen LogP contribution is 2.30. The van der Waals surface area contributed by atoms with Crippen LogP contribution in [0.25, 0.3) is 11.3 Å². The number of nitrogens with one attached hydrogen (secondary N) is 1. The number of nitro benzene ring substituents is 1. The molecule has 118 valence electrons. The van der Waals surface area contributed by atoms with Gasteiger partial charge in [0, 0.05) is 43.9 Å². The van der Waals surface area contributed by atoms with Gasteiger partial charge in [-0.05, 0) is 36.1 Å². The Hall–Kier alpha value is -2.54. The van der Waals surface area contributed by atoms with Crippen molar-refractivity contribution in [3.05, 3.63) is 46.5 Å². The monoisotopic (exact) mass is 311 g/mol. The first-order chi connectivity index (χ1) is 11.2. The Balaban J connectivity index is 1.50. The van der Waals surface area contributed by atoms with Gasteiger partial charge in [0.2, 0.25) is 0 Å². The second-order valence-corrected chi connectivity index (χ2v) is 6.16. The zero-order chi connectivity index (χ0) is 15.8. The maximum absolute atomic E-state index is 10.7. The summed E-state index contributed by atoms with van der Waals surface area (Å²) in [5.74, 6) is 2.34. The summed E-state index contributed by atoms with van der Waals surface area (Å²) in [4.78, 5) is 12.6. The van der Waals surface area contributed by atoms with Crippen LogP contribution >= 0.6 is 0 Å². The number of hydrogen-bond donors (Lipinski definition) is 1. The largest absolute Gasteiger partial charge is 0.354 e. The molecule has 1 aromatic carbocycles. The molecule has 2 aliphatic rings. The maximum Gasteiger partial charge on any atom is 0.269 e. The van der Waals surface area contributed by atoms with E-state index >= 15 is 0 Å². The number of aromatic nitrogens is 2. The lowest BCUT2D eigenvalue weighted by atomic mass is 10.0. The molecule has 2 aromatic rings. The molecular weight excluding hydrogens is 294 g/mol. The Morgan fingerprint density at radius 2 is 1.74 bits per heavy atom. The molecule has 0 saturated carbocycles. The van der Waals surface area contributed by atoms with Gasteiger partial charge in [-0.1, -0.05) is 0 Å². The third-order valence-corrected chi connectivity index (χ3v) is 4.74. The average molecular weight is 311 g/mol. The second kappa shape index (κ2) is 5.58. The number of anilines is 1. The van der Waals surface area contributed by atoms with Crippen LogP contribution in [-0.2, 0) is 0 Å². The van der Waals surface area contributed by atoms with Crippen LogP contribution in [0.2, 0.25) is 0 Å². The van der Waals surface area contributed by atoms with E-state index in [2.05, 4.69) is 20.4 Å². The van der Waals surface area contributed by atoms with Crippen molar-refractivity contribution in [3.63, 3.8) is 0 Å². The molecule has 23 heavy (non-hydrogen) atoms. The molecule has 0 radical (unpaired) electrons. The minimum Gasteiger partial charge on any atom is -0.354 e. The summed E-state index contributed by atoms with van der Waals surface area (Å²) in [6.07, 6.45) is 0. The van der Waals surface area contributed by atoms with E-state index in [1.54, 1.807) is 12.1 Å². The molecule has 2 unspecified atom stereocenters. The highest BCUT2D eigenvalue weighted by molar-refractivity contribution is 5.61. The summed E-state index contributed by atoms with van der Waals surface area (Å²) in [6, 6.07) is 10.3. The normalized spacial score (nSPS) is 23.0. The Morgan fingerprint density at radius 1 is 1.04 bits per heavy atom. The first-order valence-corrected chi connectivity index (χ1v) is 7.75. The molecular formula is C16H17N5O2. The highest BCUT2D eigenvalue weighted by atomic mass is 16.6. The van der Waals surface area contributed by atoms with Gasteiger partial charge in [0.05, 0.1) is 10.6 Å². The summed E-state index contributed by atoms with van der Waals surface area (Å²) in [7, 11) is 0. The molecule has 2 aliphatic heterocycles. The number of fused-ring (bicyclic) bond motifs is 1. The van der Waals surface area contributed by atoms with E-state index < -0.39 is 4.92 Å². The quantitative estimate of drug-likeness (QED) is 0.686. The number of non-ortho nitro benzene ring substituents is 1. The van der Waals surface area contributed by atoms with Crippen LogP contribution in [0.15, 0.2) is 36.4 Å². The lowest BCUT2D eigenvalue weighted by molar-refractivity contribution is -0.384. The molecule has 1 N–H and O–H groups in total. The van der Waals surface area contributed by atoms with Gasteiger partial charge in [0.15, 0.2) is 5.82 Å². The smallest absolute Gasteiger partial charge is 0.269 e. The fourth-order valence-corrected chi connectivity index (χ4v) is 3.44. The van der Waals surface area contributed by atoms with Crippen LogP contribution in [0, 0.1) is 22.0 Å². The topological polar surface area (TPSA) is 84.2 Å². The number of nitro groups is 1. The van der Waals surface area contributed by atoms with Gasteiger partial charge in [-0.15, -0.1) is 10.2 Å². The fraction of sp³-hybridized carbons (Fsp3) is 0.375. The summed E-state index contributed by atoms with van der Waals surface area (Å²) in [5.41, 5.74) is 1.64. The number of rotatable bonds is 3. The van der Waals surface area contributed by atoms with E-state index in [4.69, 9.17) is 0 Å². The Bertz CT molecular complexity index is 704. The van der Waals surface area contributed by atoms with E-state index in [0.717, 1.165) is 43.3 Å². The summed E-state index contributed by atoms with van der Waals surface area (Å²) in [6.45, 7) is 4.25. The standard InChI is InChI=1S/C16H17N5O2/c22-21(23)14-3-1-11(2-4-14)15-5-6-16(19-18-15)20-9-12-7-17-8-13(12)10-20/h1-6,12-13,17H,7-10H2. The third kappa shape index (κ3) is 2.63. The van der Waals surface area contributed by atoms with Crippen LogP contribution < -0.4 is 10.2 Å². The molecule has 0 bridgehead atoms. The zero-order valence-corrected chi connectivity index (χ0v) is 12.6.